The number of nitrogens with one attached hydrogen (secondary N) is 1. The number of halogens is 1. The number of amides is 1. The number of rotatable bonds is 4. The smallest absolute Gasteiger partial charge is 0.294 e. The van der Waals surface area contributed by atoms with Crippen LogP contribution in [0.5, 0.6) is 5.75 Å². The maximum absolute atomic E-state index is 13.4. The van der Waals surface area contributed by atoms with Crippen LogP contribution in [0.15, 0.2) is 75.7 Å². The number of carbonyl (C=O) groups is 1. The summed E-state index contributed by atoms with van der Waals surface area (Å²) in [7, 11) is 1.52. The fourth-order valence-corrected chi connectivity index (χ4v) is 3.37. The van der Waals surface area contributed by atoms with Crippen molar-refractivity contribution >= 4 is 33.5 Å². The van der Waals surface area contributed by atoms with Crippen molar-refractivity contribution in [1.82, 2.24) is 5.16 Å². The Morgan fingerprint density at radius 1 is 1.00 bits per heavy atom. The second-order valence-corrected chi connectivity index (χ2v) is 6.69. The number of para-hydroxylation sites is 1. The lowest BCUT2D eigenvalue weighted by Crippen LogP contribution is -2.11. The summed E-state index contributed by atoms with van der Waals surface area (Å²) in [6, 6.07) is 18.5. The van der Waals surface area contributed by atoms with Crippen LogP contribution in [-0.2, 0) is 0 Å². The SMILES string of the molecule is COc1cc2c(cc1NC(=O)c1cc(-c3cccc(F)c3)no1)oc1ccccc12. The van der Waals surface area contributed by atoms with Gasteiger partial charge < -0.3 is 19.0 Å². The molecule has 1 amide bonds. The van der Waals surface area contributed by atoms with Gasteiger partial charge in [0.15, 0.2) is 0 Å². The van der Waals surface area contributed by atoms with Gasteiger partial charge in [0.05, 0.1) is 12.8 Å². The minimum atomic E-state index is -0.515. The topological polar surface area (TPSA) is 77.5 Å². The number of benzene rings is 3. The van der Waals surface area contributed by atoms with Crippen LogP contribution in [0.25, 0.3) is 33.2 Å². The van der Waals surface area contributed by atoms with E-state index < -0.39 is 11.7 Å². The molecule has 5 rings (SSSR count). The Kier molecular flexibility index (Phi) is 4.21. The van der Waals surface area contributed by atoms with Crippen LogP contribution in [-0.4, -0.2) is 18.2 Å². The standard InChI is InChI=1S/C23H15FN2O4/c1-28-21-10-16-15-7-2-3-8-19(15)29-20(16)12-18(21)25-23(27)22-11-17(26-30-22)13-5-4-6-14(24)9-13/h2-12H,1H3,(H,25,27). The Morgan fingerprint density at radius 2 is 1.87 bits per heavy atom. The van der Waals surface area contributed by atoms with Gasteiger partial charge in [-0.1, -0.05) is 35.5 Å². The molecule has 0 aliphatic rings. The molecule has 0 radical (unpaired) electrons. The molecule has 30 heavy (non-hydrogen) atoms. The van der Waals surface area contributed by atoms with Gasteiger partial charge in [-0.3, -0.25) is 4.79 Å². The molecule has 0 aliphatic carbocycles. The van der Waals surface area contributed by atoms with E-state index in [0.29, 0.717) is 28.3 Å². The first-order valence-electron chi connectivity index (χ1n) is 9.15. The monoisotopic (exact) mass is 402 g/mol. The van der Waals surface area contributed by atoms with E-state index in [1.807, 2.05) is 30.3 Å². The zero-order valence-corrected chi connectivity index (χ0v) is 15.8. The lowest BCUT2D eigenvalue weighted by Gasteiger charge is -2.09. The Balaban J connectivity index is 1.48. The molecule has 0 unspecified atom stereocenters. The number of ether oxygens (including phenoxy) is 1. The van der Waals surface area contributed by atoms with Crippen LogP contribution < -0.4 is 10.1 Å². The van der Waals surface area contributed by atoms with Gasteiger partial charge in [0, 0.05) is 28.5 Å². The van der Waals surface area contributed by atoms with Crippen molar-refractivity contribution < 1.29 is 22.9 Å². The quantitative estimate of drug-likeness (QED) is 0.421. The molecule has 7 heteroatoms. The third-order valence-electron chi connectivity index (χ3n) is 4.80. The van der Waals surface area contributed by atoms with Gasteiger partial charge in [-0.25, -0.2) is 4.39 Å². The molecule has 0 bridgehead atoms. The van der Waals surface area contributed by atoms with E-state index in [1.165, 1.54) is 25.3 Å². The van der Waals surface area contributed by atoms with Gasteiger partial charge in [0.2, 0.25) is 5.76 Å². The van der Waals surface area contributed by atoms with E-state index >= 15 is 0 Å². The van der Waals surface area contributed by atoms with Crippen molar-refractivity contribution in [3.63, 3.8) is 0 Å². The average Bonchev–Trinajstić information content (AvgIpc) is 3.38. The number of furan rings is 1. The van der Waals surface area contributed by atoms with Crippen LogP contribution in [0.1, 0.15) is 10.6 Å². The van der Waals surface area contributed by atoms with E-state index in [0.717, 1.165) is 16.4 Å². The van der Waals surface area contributed by atoms with E-state index in [1.54, 1.807) is 18.2 Å². The number of carbonyl (C=O) groups excluding carboxylic acids is 1. The Morgan fingerprint density at radius 3 is 2.70 bits per heavy atom. The molecule has 0 saturated carbocycles. The summed E-state index contributed by atoms with van der Waals surface area (Å²) in [6.45, 7) is 0. The highest BCUT2D eigenvalue weighted by Gasteiger charge is 2.18. The highest BCUT2D eigenvalue weighted by Crippen LogP contribution is 2.36. The van der Waals surface area contributed by atoms with Crippen LogP contribution >= 0.6 is 0 Å². The molecular formula is C23H15FN2O4. The first kappa shape index (κ1) is 17.9. The number of fused-ring (bicyclic) bond motifs is 3. The summed E-state index contributed by atoms with van der Waals surface area (Å²) in [6.07, 6.45) is 0. The lowest BCUT2D eigenvalue weighted by atomic mass is 10.1. The molecule has 0 fully saturated rings. The molecule has 0 atom stereocenters. The predicted octanol–water partition coefficient (Wildman–Crippen LogP) is 5.64. The Labute approximate surface area is 169 Å². The maximum atomic E-state index is 13.4. The fourth-order valence-electron chi connectivity index (χ4n) is 3.37. The number of methoxy groups -OCH3 is 1. The molecule has 148 valence electrons. The molecule has 0 aliphatic heterocycles. The summed E-state index contributed by atoms with van der Waals surface area (Å²) in [5.74, 6) is -0.447. The highest BCUT2D eigenvalue weighted by atomic mass is 19.1. The average molecular weight is 402 g/mol. The third-order valence-corrected chi connectivity index (χ3v) is 4.80. The van der Waals surface area contributed by atoms with Crippen molar-refractivity contribution in [2.24, 2.45) is 0 Å². The zero-order valence-electron chi connectivity index (χ0n) is 15.8. The maximum Gasteiger partial charge on any atom is 0.294 e. The summed E-state index contributed by atoms with van der Waals surface area (Å²) in [5.41, 5.74) is 2.66. The van der Waals surface area contributed by atoms with Crippen molar-refractivity contribution in [1.29, 1.82) is 0 Å². The predicted molar refractivity (Wildman–Crippen MR) is 110 cm³/mol. The molecule has 0 saturated heterocycles. The van der Waals surface area contributed by atoms with Crippen molar-refractivity contribution in [2.45, 2.75) is 0 Å². The minimum Gasteiger partial charge on any atom is -0.495 e. The number of anilines is 1. The first-order valence-corrected chi connectivity index (χ1v) is 9.15. The number of aromatic nitrogens is 1. The largest absolute Gasteiger partial charge is 0.495 e. The molecule has 1 N–H and O–H groups in total. The number of hydrogen-bond donors (Lipinski definition) is 1. The molecule has 2 aromatic heterocycles. The second-order valence-electron chi connectivity index (χ2n) is 6.69. The van der Waals surface area contributed by atoms with Gasteiger partial charge in [-0.05, 0) is 24.3 Å². The van der Waals surface area contributed by atoms with Crippen molar-refractivity contribution in [3.8, 4) is 17.0 Å². The molecule has 6 nitrogen and oxygen atoms in total. The van der Waals surface area contributed by atoms with E-state index in [-0.39, 0.29) is 5.76 Å². The number of hydrogen-bond acceptors (Lipinski definition) is 5. The molecular weight excluding hydrogens is 387 g/mol. The summed E-state index contributed by atoms with van der Waals surface area (Å²) in [5, 5.41) is 8.46. The molecule has 0 spiro atoms. The van der Waals surface area contributed by atoms with Gasteiger partial charge in [0.1, 0.15) is 28.4 Å². The van der Waals surface area contributed by atoms with E-state index in [2.05, 4.69) is 10.5 Å². The molecule has 5 aromatic rings. The molecule has 2 heterocycles. The van der Waals surface area contributed by atoms with Gasteiger partial charge >= 0.3 is 0 Å². The molecule has 3 aromatic carbocycles. The van der Waals surface area contributed by atoms with Gasteiger partial charge in [-0.15, -0.1) is 0 Å². The fraction of sp³-hybridized carbons (Fsp3) is 0.0435. The van der Waals surface area contributed by atoms with Crippen molar-refractivity contribution in [2.75, 3.05) is 12.4 Å². The summed E-state index contributed by atoms with van der Waals surface area (Å²) >= 11 is 0. The highest BCUT2D eigenvalue weighted by molar-refractivity contribution is 6.09. The van der Waals surface area contributed by atoms with Crippen LogP contribution in [0.3, 0.4) is 0 Å². The first-order chi connectivity index (χ1) is 14.6. The van der Waals surface area contributed by atoms with Crippen LogP contribution in [0.4, 0.5) is 10.1 Å². The Bertz CT molecular complexity index is 1400. The third kappa shape index (κ3) is 3.06. The van der Waals surface area contributed by atoms with E-state index in [4.69, 9.17) is 13.7 Å². The number of nitrogens with zero attached hydrogens (tertiary/aromatic N) is 1. The lowest BCUT2D eigenvalue weighted by molar-refractivity contribution is 0.0987. The Hall–Kier alpha value is -4.13. The second kappa shape index (κ2) is 7.04. The zero-order chi connectivity index (χ0) is 20.7. The van der Waals surface area contributed by atoms with Gasteiger partial charge in [-0.2, -0.15) is 0 Å². The summed E-state index contributed by atoms with van der Waals surface area (Å²) < 4.78 is 29.9. The van der Waals surface area contributed by atoms with E-state index in [9.17, 15) is 9.18 Å². The summed E-state index contributed by atoms with van der Waals surface area (Å²) in [4.78, 5) is 12.7. The van der Waals surface area contributed by atoms with Crippen LogP contribution in [0, 0.1) is 5.82 Å². The normalized spacial score (nSPS) is 11.1. The van der Waals surface area contributed by atoms with Gasteiger partial charge in [0.25, 0.3) is 5.91 Å². The van der Waals surface area contributed by atoms with Crippen LogP contribution in [0.2, 0.25) is 0 Å². The minimum absolute atomic E-state index is 0.0129. The van der Waals surface area contributed by atoms with Crippen molar-refractivity contribution in [3.05, 3.63) is 78.3 Å².